The number of nitrogens with two attached hydrogens (primary N) is 1. The molecule has 2 aromatic carbocycles. The van der Waals surface area contributed by atoms with Crippen molar-refractivity contribution in [3.63, 3.8) is 0 Å². The van der Waals surface area contributed by atoms with Crippen molar-refractivity contribution < 1.29 is 14.3 Å². The van der Waals surface area contributed by atoms with Crippen LogP contribution in [0.2, 0.25) is 0 Å². The summed E-state index contributed by atoms with van der Waals surface area (Å²) in [6, 6.07) is 12.6. The Morgan fingerprint density at radius 2 is 1.95 bits per heavy atom. The number of hydrogen-bond donors (Lipinski definition) is 2. The lowest BCUT2D eigenvalue weighted by molar-refractivity contribution is 0.0950. The molecule has 3 N–H and O–H groups in total. The van der Waals surface area contributed by atoms with Crippen LogP contribution < -0.4 is 20.5 Å². The summed E-state index contributed by atoms with van der Waals surface area (Å²) in [7, 11) is 1.60. The van der Waals surface area contributed by atoms with Gasteiger partial charge in [0, 0.05) is 17.7 Å². The molecule has 1 amide bonds. The average Bonchev–Trinajstić information content (AvgIpc) is 2.54. The molecule has 0 bridgehead atoms. The van der Waals surface area contributed by atoms with E-state index in [9.17, 15) is 4.79 Å². The van der Waals surface area contributed by atoms with Crippen LogP contribution in [0.15, 0.2) is 42.5 Å². The molecule has 0 aliphatic carbocycles. The quantitative estimate of drug-likeness (QED) is 0.804. The summed E-state index contributed by atoms with van der Waals surface area (Å²) in [4.78, 5) is 12.2. The van der Waals surface area contributed by atoms with Crippen molar-refractivity contribution in [2.45, 2.75) is 13.5 Å². The highest BCUT2D eigenvalue weighted by Crippen LogP contribution is 2.22. The van der Waals surface area contributed by atoms with Gasteiger partial charge in [-0.1, -0.05) is 18.2 Å². The topological polar surface area (TPSA) is 73.6 Å². The number of nitrogens with one attached hydrogen (secondary N) is 1. The van der Waals surface area contributed by atoms with Crippen molar-refractivity contribution in [1.82, 2.24) is 5.32 Å². The van der Waals surface area contributed by atoms with Crippen LogP contribution in [0.4, 0.5) is 5.69 Å². The van der Waals surface area contributed by atoms with Gasteiger partial charge in [0.1, 0.15) is 11.5 Å². The molecule has 5 heteroatoms. The monoisotopic (exact) mass is 300 g/mol. The van der Waals surface area contributed by atoms with Crippen LogP contribution in [0.5, 0.6) is 11.5 Å². The molecule has 116 valence electrons. The van der Waals surface area contributed by atoms with E-state index in [1.165, 1.54) is 0 Å². The molecule has 5 nitrogen and oxygen atoms in total. The SMILES string of the molecule is CCOc1ccc(C(=O)NCc2ccccc2OC)cc1N. The minimum absolute atomic E-state index is 0.194. The van der Waals surface area contributed by atoms with Gasteiger partial charge in [-0.05, 0) is 31.2 Å². The lowest BCUT2D eigenvalue weighted by atomic mass is 10.1. The number of nitrogen functional groups attached to an aromatic ring is 1. The molecule has 0 aliphatic heterocycles. The fraction of sp³-hybridized carbons (Fsp3) is 0.235. The third kappa shape index (κ3) is 3.69. The summed E-state index contributed by atoms with van der Waals surface area (Å²) in [6.07, 6.45) is 0. The zero-order chi connectivity index (χ0) is 15.9. The fourth-order valence-corrected chi connectivity index (χ4v) is 2.10. The number of carbonyl (C=O) groups excluding carboxylic acids is 1. The van der Waals surface area contributed by atoms with Crippen molar-refractivity contribution >= 4 is 11.6 Å². The molecule has 0 saturated heterocycles. The van der Waals surface area contributed by atoms with E-state index in [0.29, 0.717) is 30.2 Å². The standard InChI is InChI=1S/C17H20N2O3/c1-3-22-16-9-8-12(10-14(16)18)17(20)19-11-13-6-4-5-7-15(13)21-2/h4-10H,3,11,18H2,1-2H3,(H,19,20). The van der Waals surface area contributed by atoms with Crippen molar-refractivity contribution in [1.29, 1.82) is 0 Å². The van der Waals surface area contributed by atoms with Crippen molar-refractivity contribution in [2.75, 3.05) is 19.5 Å². The van der Waals surface area contributed by atoms with E-state index in [1.807, 2.05) is 31.2 Å². The number of benzene rings is 2. The number of hydrogen-bond acceptors (Lipinski definition) is 4. The third-order valence-electron chi connectivity index (χ3n) is 3.20. The van der Waals surface area contributed by atoms with Crippen molar-refractivity contribution in [2.24, 2.45) is 0 Å². The summed E-state index contributed by atoms with van der Waals surface area (Å²) in [5.74, 6) is 1.14. The third-order valence-corrected chi connectivity index (χ3v) is 3.20. The first-order valence-corrected chi connectivity index (χ1v) is 7.08. The molecule has 0 radical (unpaired) electrons. The zero-order valence-electron chi connectivity index (χ0n) is 12.8. The van der Waals surface area contributed by atoms with Crippen LogP contribution in [0.1, 0.15) is 22.8 Å². The van der Waals surface area contributed by atoms with E-state index in [2.05, 4.69) is 5.32 Å². The Bertz CT molecular complexity index is 656. The molecular formula is C17H20N2O3. The second-order valence-corrected chi connectivity index (χ2v) is 4.68. The molecule has 0 spiro atoms. The molecule has 0 saturated carbocycles. The minimum Gasteiger partial charge on any atom is -0.496 e. The van der Waals surface area contributed by atoms with Gasteiger partial charge in [0.2, 0.25) is 0 Å². The second kappa shape index (κ2) is 7.36. The van der Waals surface area contributed by atoms with Gasteiger partial charge < -0.3 is 20.5 Å². The van der Waals surface area contributed by atoms with E-state index in [0.717, 1.165) is 11.3 Å². The van der Waals surface area contributed by atoms with Crippen LogP contribution in [0, 0.1) is 0 Å². The highest BCUT2D eigenvalue weighted by Gasteiger charge is 2.10. The van der Waals surface area contributed by atoms with Crippen molar-refractivity contribution in [3.8, 4) is 11.5 Å². The van der Waals surface area contributed by atoms with E-state index in [-0.39, 0.29) is 5.91 Å². The molecule has 0 heterocycles. The van der Waals surface area contributed by atoms with E-state index in [1.54, 1.807) is 25.3 Å². The Morgan fingerprint density at radius 3 is 2.64 bits per heavy atom. The molecule has 22 heavy (non-hydrogen) atoms. The highest BCUT2D eigenvalue weighted by atomic mass is 16.5. The number of anilines is 1. The Kier molecular flexibility index (Phi) is 5.25. The minimum atomic E-state index is -0.194. The predicted molar refractivity (Wildman–Crippen MR) is 86.2 cm³/mol. The summed E-state index contributed by atoms with van der Waals surface area (Å²) >= 11 is 0. The lowest BCUT2D eigenvalue weighted by Crippen LogP contribution is -2.23. The van der Waals surface area contributed by atoms with E-state index in [4.69, 9.17) is 15.2 Å². The van der Waals surface area contributed by atoms with Gasteiger partial charge in [0.05, 0.1) is 19.4 Å². The molecule has 0 aliphatic rings. The van der Waals surface area contributed by atoms with Crippen LogP contribution >= 0.6 is 0 Å². The van der Waals surface area contributed by atoms with Crippen LogP contribution in [0.3, 0.4) is 0 Å². The van der Waals surface area contributed by atoms with Crippen LogP contribution in [-0.2, 0) is 6.54 Å². The lowest BCUT2D eigenvalue weighted by Gasteiger charge is -2.11. The number of ether oxygens (including phenoxy) is 2. The summed E-state index contributed by atoms with van der Waals surface area (Å²) in [5, 5.41) is 2.85. The molecular weight excluding hydrogens is 280 g/mol. The Labute approximate surface area is 130 Å². The van der Waals surface area contributed by atoms with Gasteiger partial charge in [-0.15, -0.1) is 0 Å². The number of para-hydroxylation sites is 1. The van der Waals surface area contributed by atoms with Crippen LogP contribution in [0.25, 0.3) is 0 Å². The maximum Gasteiger partial charge on any atom is 0.251 e. The number of rotatable bonds is 6. The van der Waals surface area contributed by atoms with E-state index < -0.39 is 0 Å². The largest absolute Gasteiger partial charge is 0.496 e. The molecule has 0 atom stereocenters. The average molecular weight is 300 g/mol. The van der Waals surface area contributed by atoms with E-state index >= 15 is 0 Å². The maximum absolute atomic E-state index is 12.2. The van der Waals surface area contributed by atoms with Gasteiger partial charge in [0.25, 0.3) is 5.91 Å². The first kappa shape index (κ1) is 15.7. The molecule has 0 fully saturated rings. The highest BCUT2D eigenvalue weighted by molar-refractivity contribution is 5.95. The molecule has 0 aromatic heterocycles. The zero-order valence-corrected chi connectivity index (χ0v) is 12.8. The van der Waals surface area contributed by atoms with Crippen LogP contribution in [-0.4, -0.2) is 19.6 Å². The van der Waals surface area contributed by atoms with Gasteiger partial charge >= 0.3 is 0 Å². The maximum atomic E-state index is 12.2. The summed E-state index contributed by atoms with van der Waals surface area (Å²) in [6.45, 7) is 2.80. The Morgan fingerprint density at radius 1 is 1.18 bits per heavy atom. The first-order valence-electron chi connectivity index (χ1n) is 7.08. The predicted octanol–water partition coefficient (Wildman–Crippen LogP) is 2.61. The van der Waals surface area contributed by atoms with Crippen molar-refractivity contribution in [3.05, 3.63) is 53.6 Å². The number of methoxy groups -OCH3 is 1. The fourth-order valence-electron chi connectivity index (χ4n) is 2.10. The second-order valence-electron chi connectivity index (χ2n) is 4.68. The Balaban J connectivity index is 2.05. The van der Waals surface area contributed by atoms with Gasteiger partial charge in [0.15, 0.2) is 0 Å². The molecule has 2 rings (SSSR count). The molecule has 2 aromatic rings. The molecule has 0 unspecified atom stereocenters. The normalized spacial score (nSPS) is 10.1. The smallest absolute Gasteiger partial charge is 0.251 e. The van der Waals surface area contributed by atoms with Gasteiger partial charge in [-0.3, -0.25) is 4.79 Å². The Hall–Kier alpha value is -2.69. The first-order chi connectivity index (χ1) is 10.7. The van der Waals surface area contributed by atoms with Gasteiger partial charge in [-0.25, -0.2) is 0 Å². The number of carbonyl (C=O) groups is 1. The summed E-state index contributed by atoms with van der Waals surface area (Å²) in [5.41, 5.74) is 7.73. The number of amides is 1. The van der Waals surface area contributed by atoms with Gasteiger partial charge in [-0.2, -0.15) is 0 Å². The summed E-state index contributed by atoms with van der Waals surface area (Å²) < 4.78 is 10.6.